The molecule has 2 fully saturated rings. The molecule has 1 saturated heterocycles. The van der Waals surface area contributed by atoms with Gasteiger partial charge in [-0.15, -0.1) is 0 Å². The van der Waals surface area contributed by atoms with Crippen LogP contribution in [-0.4, -0.2) is 18.6 Å². The van der Waals surface area contributed by atoms with E-state index in [4.69, 9.17) is 4.74 Å². The van der Waals surface area contributed by atoms with Crippen LogP contribution in [0, 0.1) is 5.92 Å². The van der Waals surface area contributed by atoms with Gasteiger partial charge in [0.2, 0.25) is 0 Å². The monoisotopic (exact) mass is 375 g/mol. The first-order valence-electron chi connectivity index (χ1n) is 10.9. The molecule has 0 unspecified atom stereocenters. The molecular weight excluding hydrogens is 346 g/mol. The first-order chi connectivity index (χ1) is 13.8. The molecule has 1 saturated carbocycles. The molecule has 2 bridgehead atoms. The van der Waals surface area contributed by atoms with Gasteiger partial charge in [-0.05, 0) is 61.8 Å². The summed E-state index contributed by atoms with van der Waals surface area (Å²) >= 11 is 0. The average Bonchev–Trinajstić information content (AvgIpc) is 2.73. The number of aryl methyl sites for hydroxylation is 1. The maximum Gasteiger partial charge on any atom is 0.311 e. The molecule has 1 aliphatic heterocycles. The summed E-state index contributed by atoms with van der Waals surface area (Å²) in [5.41, 5.74) is 4.24. The quantitative estimate of drug-likeness (QED) is 0.628. The van der Waals surface area contributed by atoms with Crippen molar-refractivity contribution in [2.45, 2.75) is 62.8 Å². The predicted octanol–water partition coefficient (Wildman–Crippen LogP) is 4.57. The summed E-state index contributed by atoms with van der Waals surface area (Å²) < 4.78 is 5.91. The summed E-state index contributed by atoms with van der Waals surface area (Å²) in [6, 6.07) is 17.1. The minimum Gasteiger partial charge on any atom is -0.426 e. The Morgan fingerprint density at radius 2 is 1.96 bits per heavy atom. The Balaban J connectivity index is 1.38. The lowest BCUT2D eigenvalue weighted by Gasteiger charge is -2.56. The van der Waals surface area contributed by atoms with Gasteiger partial charge in [0.25, 0.3) is 0 Å². The first kappa shape index (κ1) is 17.9. The van der Waals surface area contributed by atoms with E-state index in [1.54, 1.807) is 0 Å². The van der Waals surface area contributed by atoms with Crippen molar-refractivity contribution in [2.75, 3.05) is 6.54 Å². The average molecular weight is 376 g/mol. The highest BCUT2D eigenvalue weighted by molar-refractivity contribution is 5.73. The molecule has 3 aliphatic rings. The van der Waals surface area contributed by atoms with Crippen LogP contribution in [0.4, 0.5) is 0 Å². The van der Waals surface area contributed by atoms with Crippen LogP contribution in [-0.2, 0) is 23.1 Å². The lowest BCUT2D eigenvalue weighted by molar-refractivity contribution is -0.134. The molecule has 2 aromatic carbocycles. The SMILES string of the molecule is O=C(CCc1ccccc1)Oc1cccc2c1C[C@H]1NCC[C@@]23CCCC[C@@H]13. The largest absolute Gasteiger partial charge is 0.426 e. The molecule has 0 amide bonds. The van der Waals surface area contributed by atoms with Gasteiger partial charge in [-0.1, -0.05) is 55.3 Å². The summed E-state index contributed by atoms with van der Waals surface area (Å²) in [6.07, 6.45) is 8.65. The van der Waals surface area contributed by atoms with E-state index in [1.807, 2.05) is 24.3 Å². The maximum atomic E-state index is 12.6. The second-order valence-electron chi connectivity index (χ2n) is 8.77. The first-order valence-corrected chi connectivity index (χ1v) is 10.9. The highest BCUT2D eigenvalue weighted by Gasteiger charge is 2.51. The number of carbonyl (C=O) groups excluding carboxylic acids is 1. The third-order valence-electron chi connectivity index (χ3n) is 7.34. The number of ether oxygens (including phenoxy) is 1. The Labute approximate surface area is 167 Å². The van der Waals surface area contributed by atoms with Gasteiger partial charge < -0.3 is 10.1 Å². The molecule has 2 aliphatic carbocycles. The van der Waals surface area contributed by atoms with Crippen molar-refractivity contribution in [1.29, 1.82) is 0 Å². The lowest BCUT2D eigenvalue weighted by Crippen LogP contribution is -2.59. The van der Waals surface area contributed by atoms with Crippen LogP contribution in [0.2, 0.25) is 0 Å². The Hall–Kier alpha value is -2.13. The molecule has 5 rings (SSSR count). The number of nitrogens with one attached hydrogen (secondary N) is 1. The van der Waals surface area contributed by atoms with Gasteiger partial charge in [-0.3, -0.25) is 4.79 Å². The van der Waals surface area contributed by atoms with Crippen LogP contribution in [0.5, 0.6) is 5.75 Å². The molecule has 2 aromatic rings. The molecule has 3 heteroatoms. The number of fused-ring (bicyclic) bond motifs is 1. The molecule has 28 heavy (non-hydrogen) atoms. The lowest BCUT2D eigenvalue weighted by atomic mass is 9.53. The zero-order valence-electron chi connectivity index (χ0n) is 16.5. The Bertz CT molecular complexity index is 858. The number of esters is 1. The highest BCUT2D eigenvalue weighted by atomic mass is 16.5. The minimum atomic E-state index is -0.126. The number of hydrogen-bond donors (Lipinski definition) is 1. The number of piperidine rings is 1. The fourth-order valence-corrected chi connectivity index (χ4v) is 6.09. The second kappa shape index (κ2) is 7.36. The van der Waals surface area contributed by atoms with Gasteiger partial charge in [0, 0.05) is 23.4 Å². The fourth-order valence-electron chi connectivity index (χ4n) is 6.09. The summed E-state index contributed by atoms with van der Waals surface area (Å²) in [4.78, 5) is 12.6. The van der Waals surface area contributed by atoms with Crippen LogP contribution < -0.4 is 10.1 Å². The van der Waals surface area contributed by atoms with Crippen LogP contribution in [0.3, 0.4) is 0 Å². The zero-order valence-corrected chi connectivity index (χ0v) is 16.5. The molecule has 0 radical (unpaired) electrons. The second-order valence-corrected chi connectivity index (χ2v) is 8.77. The van der Waals surface area contributed by atoms with E-state index in [-0.39, 0.29) is 5.97 Å². The number of rotatable bonds is 4. The van der Waals surface area contributed by atoms with Gasteiger partial charge in [0.15, 0.2) is 0 Å². The van der Waals surface area contributed by atoms with Gasteiger partial charge in [-0.25, -0.2) is 0 Å². The minimum absolute atomic E-state index is 0.126. The molecule has 3 atom stereocenters. The van der Waals surface area contributed by atoms with Crippen molar-refractivity contribution in [3.05, 3.63) is 65.2 Å². The summed E-state index contributed by atoms with van der Waals surface area (Å²) in [6.45, 7) is 1.11. The van der Waals surface area contributed by atoms with E-state index >= 15 is 0 Å². The van der Waals surface area contributed by atoms with E-state index < -0.39 is 0 Å². The molecule has 0 aromatic heterocycles. The predicted molar refractivity (Wildman–Crippen MR) is 111 cm³/mol. The summed E-state index contributed by atoms with van der Waals surface area (Å²) in [5, 5.41) is 3.77. The van der Waals surface area contributed by atoms with Crippen molar-refractivity contribution < 1.29 is 9.53 Å². The number of hydrogen-bond acceptors (Lipinski definition) is 3. The van der Waals surface area contributed by atoms with Crippen LogP contribution in [0.1, 0.15) is 55.2 Å². The number of benzene rings is 2. The topological polar surface area (TPSA) is 38.3 Å². The molecule has 0 spiro atoms. The van der Waals surface area contributed by atoms with E-state index in [0.717, 1.165) is 31.1 Å². The molecular formula is C25H29NO2. The summed E-state index contributed by atoms with van der Waals surface area (Å²) in [7, 11) is 0. The van der Waals surface area contributed by atoms with Crippen molar-refractivity contribution in [2.24, 2.45) is 5.92 Å². The van der Waals surface area contributed by atoms with Crippen molar-refractivity contribution in [3.8, 4) is 5.75 Å². The van der Waals surface area contributed by atoms with E-state index in [0.29, 0.717) is 17.9 Å². The van der Waals surface area contributed by atoms with E-state index in [1.165, 1.54) is 48.8 Å². The summed E-state index contributed by atoms with van der Waals surface area (Å²) in [5.74, 6) is 1.41. The van der Waals surface area contributed by atoms with Gasteiger partial charge in [-0.2, -0.15) is 0 Å². The highest BCUT2D eigenvalue weighted by Crippen LogP contribution is 2.55. The van der Waals surface area contributed by atoms with E-state index in [9.17, 15) is 4.79 Å². The third-order valence-corrected chi connectivity index (χ3v) is 7.34. The Morgan fingerprint density at radius 3 is 2.86 bits per heavy atom. The molecule has 146 valence electrons. The maximum absolute atomic E-state index is 12.6. The van der Waals surface area contributed by atoms with Gasteiger partial charge in [0.05, 0.1) is 0 Å². The van der Waals surface area contributed by atoms with Crippen LogP contribution in [0.25, 0.3) is 0 Å². The van der Waals surface area contributed by atoms with Crippen LogP contribution >= 0.6 is 0 Å². The zero-order chi connectivity index (χ0) is 19.0. The number of carbonyl (C=O) groups is 1. The Morgan fingerprint density at radius 1 is 1.07 bits per heavy atom. The van der Waals surface area contributed by atoms with E-state index in [2.05, 4.69) is 29.6 Å². The van der Waals surface area contributed by atoms with Crippen LogP contribution in [0.15, 0.2) is 48.5 Å². The molecule has 1 heterocycles. The molecule has 3 nitrogen and oxygen atoms in total. The van der Waals surface area contributed by atoms with Crippen molar-refractivity contribution >= 4 is 5.97 Å². The smallest absolute Gasteiger partial charge is 0.311 e. The van der Waals surface area contributed by atoms with Gasteiger partial charge >= 0.3 is 5.97 Å². The standard InChI is InChI=1S/C25H29NO2/c27-24(13-12-18-7-2-1-3-8-18)28-23-11-6-10-20-19(23)17-22-21-9-4-5-14-25(20,21)15-16-26-22/h1-3,6-8,10-11,21-22,26H,4-5,9,12-17H2/t21-,22+,25-/m0/s1. The van der Waals surface area contributed by atoms with Crippen molar-refractivity contribution in [3.63, 3.8) is 0 Å². The van der Waals surface area contributed by atoms with Gasteiger partial charge in [0.1, 0.15) is 5.75 Å². The Kier molecular flexibility index (Phi) is 4.72. The normalized spacial score (nSPS) is 28.1. The fraction of sp³-hybridized carbons (Fsp3) is 0.480. The third kappa shape index (κ3) is 3.06. The molecule has 1 N–H and O–H groups in total. The van der Waals surface area contributed by atoms with Crippen molar-refractivity contribution in [1.82, 2.24) is 5.32 Å².